The molecular weight excluding hydrogens is 138 g/mol. The highest BCUT2D eigenvalue weighted by Crippen LogP contribution is 2.06. The molecule has 0 fully saturated rings. The third-order valence-corrected chi connectivity index (χ3v) is 1.66. The molecular formula is C9H19NO. The zero-order chi connectivity index (χ0) is 8.69. The number of nitrogens with zero attached hydrogens (tertiary/aromatic N) is 1. The molecule has 2 heteroatoms. The van der Waals surface area contributed by atoms with E-state index < -0.39 is 0 Å². The first-order valence-electron chi connectivity index (χ1n) is 4.32. The van der Waals surface area contributed by atoms with Crippen LogP contribution in [0.15, 0.2) is 5.16 Å². The molecule has 0 aromatic carbocycles. The SMILES string of the molecule is CCCCC(=NOC)C(C)C. The maximum Gasteiger partial charge on any atom is 0.106 e. The molecule has 11 heavy (non-hydrogen) atoms. The topological polar surface area (TPSA) is 21.6 Å². The third-order valence-electron chi connectivity index (χ3n) is 1.66. The standard InChI is InChI=1S/C9H19NO/c1-5-6-7-9(8(2)3)10-11-4/h8H,5-7H2,1-4H3. The van der Waals surface area contributed by atoms with Crippen molar-refractivity contribution in [1.82, 2.24) is 0 Å². The summed E-state index contributed by atoms with van der Waals surface area (Å²) in [6.07, 6.45) is 3.50. The minimum Gasteiger partial charge on any atom is -0.399 e. The van der Waals surface area contributed by atoms with Gasteiger partial charge in [0.1, 0.15) is 7.11 Å². The summed E-state index contributed by atoms with van der Waals surface area (Å²) in [5.41, 5.74) is 1.18. The first-order valence-corrected chi connectivity index (χ1v) is 4.32. The molecule has 2 nitrogen and oxygen atoms in total. The van der Waals surface area contributed by atoms with Gasteiger partial charge in [-0.25, -0.2) is 0 Å². The summed E-state index contributed by atoms with van der Waals surface area (Å²) in [5, 5.41) is 3.98. The van der Waals surface area contributed by atoms with Gasteiger partial charge in [-0.1, -0.05) is 32.3 Å². The van der Waals surface area contributed by atoms with Crippen molar-refractivity contribution < 1.29 is 4.84 Å². The van der Waals surface area contributed by atoms with Crippen molar-refractivity contribution in [2.45, 2.75) is 40.0 Å². The molecule has 0 saturated carbocycles. The Morgan fingerprint density at radius 2 is 2.09 bits per heavy atom. The highest BCUT2D eigenvalue weighted by molar-refractivity contribution is 5.85. The number of oxime groups is 1. The minimum absolute atomic E-state index is 0.515. The van der Waals surface area contributed by atoms with E-state index in [0.717, 1.165) is 6.42 Å². The van der Waals surface area contributed by atoms with E-state index in [1.807, 2.05) is 0 Å². The molecule has 0 aromatic heterocycles. The molecule has 0 spiro atoms. The summed E-state index contributed by atoms with van der Waals surface area (Å²) in [4.78, 5) is 4.75. The van der Waals surface area contributed by atoms with Crippen LogP contribution in [0.2, 0.25) is 0 Å². The van der Waals surface area contributed by atoms with Crippen molar-refractivity contribution in [3.05, 3.63) is 0 Å². The first-order chi connectivity index (χ1) is 5.22. The summed E-state index contributed by atoms with van der Waals surface area (Å²) in [7, 11) is 1.61. The van der Waals surface area contributed by atoms with E-state index >= 15 is 0 Å². The van der Waals surface area contributed by atoms with Gasteiger partial charge in [0.25, 0.3) is 0 Å². The van der Waals surface area contributed by atoms with E-state index in [1.54, 1.807) is 7.11 Å². The number of unbranched alkanes of at least 4 members (excludes halogenated alkanes) is 1. The zero-order valence-electron chi connectivity index (χ0n) is 8.05. The molecule has 0 radical (unpaired) electrons. The average Bonchev–Trinajstić information content (AvgIpc) is 1.97. The van der Waals surface area contributed by atoms with Crippen LogP contribution in [0, 0.1) is 5.92 Å². The fourth-order valence-corrected chi connectivity index (χ4v) is 0.915. The van der Waals surface area contributed by atoms with Gasteiger partial charge in [0.05, 0.1) is 5.71 Å². The lowest BCUT2D eigenvalue weighted by molar-refractivity contribution is 0.210. The summed E-state index contributed by atoms with van der Waals surface area (Å²) in [6.45, 7) is 6.48. The van der Waals surface area contributed by atoms with Crippen LogP contribution in [-0.2, 0) is 4.84 Å². The van der Waals surface area contributed by atoms with Crippen LogP contribution in [0.25, 0.3) is 0 Å². The maximum atomic E-state index is 4.75. The molecule has 0 bridgehead atoms. The maximum absolute atomic E-state index is 4.75. The molecule has 0 rings (SSSR count). The van der Waals surface area contributed by atoms with E-state index in [0.29, 0.717) is 5.92 Å². The van der Waals surface area contributed by atoms with Gasteiger partial charge in [0.15, 0.2) is 0 Å². The number of hydrogen-bond acceptors (Lipinski definition) is 2. The largest absolute Gasteiger partial charge is 0.399 e. The summed E-state index contributed by atoms with van der Waals surface area (Å²) in [6, 6.07) is 0. The number of hydrogen-bond donors (Lipinski definition) is 0. The Morgan fingerprint density at radius 3 is 2.45 bits per heavy atom. The average molecular weight is 157 g/mol. The Hall–Kier alpha value is -0.530. The lowest BCUT2D eigenvalue weighted by Crippen LogP contribution is -2.07. The fourth-order valence-electron chi connectivity index (χ4n) is 0.915. The Kier molecular flexibility index (Phi) is 5.90. The van der Waals surface area contributed by atoms with Crippen molar-refractivity contribution in [1.29, 1.82) is 0 Å². The van der Waals surface area contributed by atoms with Crippen LogP contribution < -0.4 is 0 Å². The van der Waals surface area contributed by atoms with Crippen molar-refractivity contribution in [3.63, 3.8) is 0 Å². The van der Waals surface area contributed by atoms with Crippen LogP contribution in [0.1, 0.15) is 40.0 Å². The van der Waals surface area contributed by atoms with Crippen molar-refractivity contribution in [3.8, 4) is 0 Å². The van der Waals surface area contributed by atoms with Gasteiger partial charge < -0.3 is 4.84 Å². The van der Waals surface area contributed by atoms with Crippen molar-refractivity contribution >= 4 is 5.71 Å². The molecule has 0 atom stereocenters. The molecule has 0 aliphatic heterocycles. The quantitative estimate of drug-likeness (QED) is 0.444. The molecule has 66 valence electrons. The second-order valence-corrected chi connectivity index (χ2v) is 3.02. The fraction of sp³-hybridized carbons (Fsp3) is 0.889. The Morgan fingerprint density at radius 1 is 1.45 bits per heavy atom. The zero-order valence-corrected chi connectivity index (χ0v) is 8.05. The second kappa shape index (κ2) is 6.20. The van der Waals surface area contributed by atoms with Gasteiger partial charge in [-0.15, -0.1) is 0 Å². The van der Waals surface area contributed by atoms with Crippen molar-refractivity contribution in [2.75, 3.05) is 7.11 Å². The van der Waals surface area contributed by atoms with Gasteiger partial charge in [0, 0.05) is 0 Å². The predicted molar refractivity (Wildman–Crippen MR) is 48.8 cm³/mol. The van der Waals surface area contributed by atoms with E-state index in [2.05, 4.69) is 25.9 Å². The Balaban J connectivity index is 3.80. The van der Waals surface area contributed by atoms with Crippen molar-refractivity contribution in [2.24, 2.45) is 11.1 Å². The van der Waals surface area contributed by atoms with Gasteiger partial charge in [-0.05, 0) is 18.8 Å². The molecule has 0 heterocycles. The minimum atomic E-state index is 0.515. The van der Waals surface area contributed by atoms with Gasteiger partial charge in [-0.3, -0.25) is 0 Å². The summed E-state index contributed by atoms with van der Waals surface area (Å²) in [5.74, 6) is 0.515. The molecule has 0 aliphatic carbocycles. The highest BCUT2D eigenvalue weighted by atomic mass is 16.6. The van der Waals surface area contributed by atoms with Gasteiger partial charge in [-0.2, -0.15) is 0 Å². The number of rotatable bonds is 5. The van der Waals surface area contributed by atoms with E-state index in [-0.39, 0.29) is 0 Å². The lowest BCUT2D eigenvalue weighted by atomic mass is 10.0. The lowest BCUT2D eigenvalue weighted by Gasteiger charge is -2.07. The molecule has 0 N–H and O–H groups in total. The second-order valence-electron chi connectivity index (χ2n) is 3.02. The highest BCUT2D eigenvalue weighted by Gasteiger charge is 2.04. The molecule has 0 amide bonds. The van der Waals surface area contributed by atoms with Crippen LogP contribution in [0.3, 0.4) is 0 Å². The van der Waals surface area contributed by atoms with Crippen LogP contribution in [0.5, 0.6) is 0 Å². The first kappa shape index (κ1) is 10.5. The molecule has 0 unspecified atom stereocenters. The van der Waals surface area contributed by atoms with Gasteiger partial charge >= 0.3 is 0 Å². The van der Waals surface area contributed by atoms with Crippen LogP contribution in [-0.4, -0.2) is 12.8 Å². The third kappa shape index (κ3) is 4.82. The smallest absolute Gasteiger partial charge is 0.106 e. The normalized spacial score (nSPS) is 12.3. The van der Waals surface area contributed by atoms with E-state index in [4.69, 9.17) is 4.84 Å². The van der Waals surface area contributed by atoms with Crippen LogP contribution in [0.4, 0.5) is 0 Å². The predicted octanol–water partition coefficient (Wildman–Crippen LogP) is 2.84. The summed E-state index contributed by atoms with van der Waals surface area (Å²) < 4.78 is 0. The molecule has 0 saturated heterocycles. The van der Waals surface area contributed by atoms with Crippen LogP contribution >= 0.6 is 0 Å². The van der Waals surface area contributed by atoms with E-state index in [1.165, 1.54) is 18.6 Å². The Labute approximate surface area is 69.6 Å². The summed E-state index contributed by atoms with van der Waals surface area (Å²) >= 11 is 0. The van der Waals surface area contributed by atoms with E-state index in [9.17, 15) is 0 Å². The Bertz CT molecular complexity index is 119. The van der Waals surface area contributed by atoms with Gasteiger partial charge in [0.2, 0.25) is 0 Å². The monoisotopic (exact) mass is 157 g/mol. The molecule has 0 aromatic rings. The molecule has 0 aliphatic rings.